The molecule has 1 aromatic rings. The van der Waals surface area contributed by atoms with Crippen LogP contribution in [-0.2, 0) is 5.54 Å². The Hall–Kier alpha value is -1.06. The molecule has 1 aromatic carbocycles. The molecular weight excluding hydrogens is 200 g/mol. The van der Waals surface area contributed by atoms with Gasteiger partial charge in [0.05, 0.1) is 7.11 Å². The number of piperidine rings is 1. The number of methoxy groups -OCH3 is 1. The normalized spacial score (nSPS) is 20.7. The SMILES string of the molecule is COc1cccc(C2(N)CCN(C)CC2)c1. The maximum atomic E-state index is 6.48. The molecule has 2 N–H and O–H groups in total. The van der Waals surface area contributed by atoms with E-state index in [1.165, 1.54) is 5.56 Å². The molecule has 0 atom stereocenters. The lowest BCUT2D eigenvalue weighted by Crippen LogP contribution is -2.46. The molecule has 1 aliphatic rings. The summed E-state index contributed by atoms with van der Waals surface area (Å²) in [4.78, 5) is 2.32. The zero-order valence-electron chi connectivity index (χ0n) is 10.1. The molecule has 0 amide bonds. The topological polar surface area (TPSA) is 38.5 Å². The number of nitrogens with two attached hydrogens (primary N) is 1. The van der Waals surface area contributed by atoms with Gasteiger partial charge in [-0.3, -0.25) is 0 Å². The molecular formula is C13H20N2O. The Morgan fingerprint density at radius 3 is 2.62 bits per heavy atom. The molecule has 0 aliphatic carbocycles. The number of hydrogen-bond donors (Lipinski definition) is 1. The van der Waals surface area contributed by atoms with E-state index in [1.54, 1.807) is 7.11 Å². The minimum atomic E-state index is -0.180. The minimum Gasteiger partial charge on any atom is -0.497 e. The number of rotatable bonds is 2. The van der Waals surface area contributed by atoms with Crippen molar-refractivity contribution in [3.63, 3.8) is 0 Å². The molecule has 0 radical (unpaired) electrons. The van der Waals surface area contributed by atoms with Gasteiger partial charge >= 0.3 is 0 Å². The van der Waals surface area contributed by atoms with Crippen molar-refractivity contribution in [3.05, 3.63) is 29.8 Å². The van der Waals surface area contributed by atoms with Crippen LogP contribution in [0, 0.1) is 0 Å². The van der Waals surface area contributed by atoms with Gasteiger partial charge in [-0.15, -0.1) is 0 Å². The van der Waals surface area contributed by atoms with E-state index in [4.69, 9.17) is 10.5 Å². The predicted octanol–water partition coefficient (Wildman–Crippen LogP) is 1.57. The van der Waals surface area contributed by atoms with Crippen molar-refractivity contribution >= 4 is 0 Å². The monoisotopic (exact) mass is 220 g/mol. The zero-order chi connectivity index (χ0) is 11.6. The highest BCUT2D eigenvalue weighted by Crippen LogP contribution is 2.31. The van der Waals surface area contributed by atoms with Crippen molar-refractivity contribution in [1.82, 2.24) is 4.90 Å². The van der Waals surface area contributed by atoms with E-state index in [1.807, 2.05) is 12.1 Å². The number of ether oxygens (including phenoxy) is 1. The number of nitrogens with zero attached hydrogens (tertiary/aromatic N) is 1. The maximum absolute atomic E-state index is 6.48. The van der Waals surface area contributed by atoms with E-state index in [-0.39, 0.29) is 5.54 Å². The van der Waals surface area contributed by atoms with Gasteiger partial charge in [-0.1, -0.05) is 12.1 Å². The fraction of sp³-hybridized carbons (Fsp3) is 0.538. The van der Waals surface area contributed by atoms with Crippen LogP contribution in [-0.4, -0.2) is 32.1 Å². The lowest BCUT2D eigenvalue weighted by atomic mass is 9.82. The second-order valence-electron chi connectivity index (χ2n) is 4.69. The lowest BCUT2D eigenvalue weighted by molar-refractivity contribution is 0.191. The van der Waals surface area contributed by atoms with Crippen LogP contribution < -0.4 is 10.5 Å². The molecule has 0 saturated carbocycles. The van der Waals surface area contributed by atoms with Gasteiger partial charge in [-0.2, -0.15) is 0 Å². The molecule has 1 fully saturated rings. The predicted molar refractivity (Wildman–Crippen MR) is 65.6 cm³/mol. The van der Waals surface area contributed by atoms with Crippen molar-refractivity contribution < 1.29 is 4.74 Å². The third-order valence-electron chi connectivity index (χ3n) is 3.52. The van der Waals surface area contributed by atoms with E-state index >= 15 is 0 Å². The molecule has 16 heavy (non-hydrogen) atoms. The first-order valence-electron chi connectivity index (χ1n) is 5.76. The molecule has 1 heterocycles. The summed E-state index contributed by atoms with van der Waals surface area (Å²) >= 11 is 0. The van der Waals surface area contributed by atoms with E-state index in [0.29, 0.717) is 0 Å². The zero-order valence-corrected chi connectivity index (χ0v) is 10.1. The van der Waals surface area contributed by atoms with E-state index in [0.717, 1.165) is 31.7 Å². The van der Waals surface area contributed by atoms with Crippen LogP contribution in [0.4, 0.5) is 0 Å². The second kappa shape index (κ2) is 4.44. The Labute approximate surface area is 97.2 Å². The molecule has 1 saturated heterocycles. The molecule has 0 unspecified atom stereocenters. The summed E-state index contributed by atoms with van der Waals surface area (Å²) in [6, 6.07) is 8.14. The smallest absolute Gasteiger partial charge is 0.119 e. The molecule has 2 rings (SSSR count). The summed E-state index contributed by atoms with van der Waals surface area (Å²) in [6.45, 7) is 2.13. The summed E-state index contributed by atoms with van der Waals surface area (Å²) in [5.74, 6) is 0.890. The molecule has 1 aliphatic heterocycles. The van der Waals surface area contributed by atoms with Gasteiger partial charge in [0.15, 0.2) is 0 Å². The maximum Gasteiger partial charge on any atom is 0.119 e. The van der Waals surface area contributed by atoms with Crippen molar-refractivity contribution in [1.29, 1.82) is 0 Å². The Kier molecular flexibility index (Phi) is 3.17. The first-order valence-corrected chi connectivity index (χ1v) is 5.76. The Morgan fingerprint density at radius 1 is 1.31 bits per heavy atom. The number of likely N-dealkylation sites (tertiary alicyclic amines) is 1. The van der Waals surface area contributed by atoms with Gasteiger partial charge in [-0.25, -0.2) is 0 Å². The Bertz CT molecular complexity index is 357. The summed E-state index contributed by atoms with van der Waals surface area (Å²) < 4.78 is 5.25. The molecule has 0 aromatic heterocycles. The van der Waals surface area contributed by atoms with Gasteiger partial charge < -0.3 is 15.4 Å². The quantitative estimate of drug-likeness (QED) is 0.822. The fourth-order valence-electron chi connectivity index (χ4n) is 2.24. The van der Waals surface area contributed by atoms with Crippen molar-refractivity contribution in [3.8, 4) is 5.75 Å². The molecule has 3 nitrogen and oxygen atoms in total. The van der Waals surface area contributed by atoms with Crippen molar-refractivity contribution in [2.45, 2.75) is 18.4 Å². The standard InChI is InChI=1S/C13H20N2O/c1-15-8-6-13(14,7-9-15)11-4-3-5-12(10-11)16-2/h3-5,10H,6-9,14H2,1-2H3. The highest BCUT2D eigenvalue weighted by atomic mass is 16.5. The van der Waals surface area contributed by atoms with E-state index < -0.39 is 0 Å². The Morgan fingerprint density at radius 2 is 2.00 bits per heavy atom. The van der Waals surface area contributed by atoms with Crippen LogP contribution in [0.1, 0.15) is 18.4 Å². The van der Waals surface area contributed by atoms with Crippen LogP contribution in [0.3, 0.4) is 0 Å². The van der Waals surface area contributed by atoms with Gasteiger partial charge in [0, 0.05) is 5.54 Å². The van der Waals surface area contributed by atoms with Crippen LogP contribution in [0.5, 0.6) is 5.75 Å². The minimum absolute atomic E-state index is 0.180. The second-order valence-corrected chi connectivity index (χ2v) is 4.69. The third-order valence-corrected chi connectivity index (χ3v) is 3.52. The number of benzene rings is 1. The number of hydrogen-bond acceptors (Lipinski definition) is 3. The highest BCUT2D eigenvalue weighted by Gasteiger charge is 2.31. The molecule has 88 valence electrons. The van der Waals surface area contributed by atoms with Crippen LogP contribution in [0.25, 0.3) is 0 Å². The van der Waals surface area contributed by atoms with Gasteiger partial charge in [0.2, 0.25) is 0 Å². The van der Waals surface area contributed by atoms with Crippen LogP contribution in [0.2, 0.25) is 0 Å². The largest absolute Gasteiger partial charge is 0.497 e. The molecule has 3 heteroatoms. The first kappa shape index (κ1) is 11.4. The first-order chi connectivity index (χ1) is 7.64. The Balaban J connectivity index is 2.21. The third kappa shape index (κ3) is 2.20. The summed E-state index contributed by atoms with van der Waals surface area (Å²) in [5.41, 5.74) is 7.50. The molecule has 0 bridgehead atoms. The van der Waals surface area contributed by atoms with Crippen molar-refractivity contribution in [2.24, 2.45) is 5.73 Å². The fourth-order valence-corrected chi connectivity index (χ4v) is 2.24. The summed E-state index contributed by atoms with van der Waals surface area (Å²) in [5, 5.41) is 0. The lowest BCUT2D eigenvalue weighted by Gasteiger charge is -2.38. The average Bonchev–Trinajstić information content (AvgIpc) is 2.33. The van der Waals surface area contributed by atoms with Gasteiger partial charge in [0.25, 0.3) is 0 Å². The average molecular weight is 220 g/mol. The van der Waals surface area contributed by atoms with Crippen LogP contribution in [0.15, 0.2) is 24.3 Å². The highest BCUT2D eigenvalue weighted by molar-refractivity contribution is 5.33. The summed E-state index contributed by atoms with van der Waals surface area (Å²) in [6.07, 6.45) is 2.02. The summed E-state index contributed by atoms with van der Waals surface area (Å²) in [7, 11) is 3.84. The van der Waals surface area contributed by atoms with E-state index in [9.17, 15) is 0 Å². The van der Waals surface area contributed by atoms with Crippen molar-refractivity contribution in [2.75, 3.05) is 27.2 Å². The van der Waals surface area contributed by atoms with Gasteiger partial charge in [0.1, 0.15) is 5.75 Å². The van der Waals surface area contributed by atoms with Gasteiger partial charge in [-0.05, 0) is 50.7 Å². The van der Waals surface area contributed by atoms with E-state index in [2.05, 4.69) is 24.1 Å². The van der Waals surface area contributed by atoms with Crippen LogP contribution >= 0.6 is 0 Å². The molecule has 0 spiro atoms.